The lowest BCUT2D eigenvalue weighted by molar-refractivity contribution is 0.602. The molecule has 0 bridgehead atoms. The molecule has 1 aromatic heterocycles. The molecule has 0 saturated carbocycles. The van der Waals surface area contributed by atoms with E-state index in [9.17, 15) is 8.42 Å². The second-order valence-corrected chi connectivity index (χ2v) is 9.89. The van der Waals surface area contributed by atoms with Crippen molar-refractivity contribution in [3.8, 4) is 28.2 Å². The number of hydrogen-bond donors (Lipinski definition) is 0. The summed E-state index contributed by atoms with van der Waals surface area (Å²) in [5, 5.41) is 5.46. The molecule has 7 heteroatoms. The van der Waals surface area contributed by atoms with Gasteiger partial charge in [-0.1, -0.05) is 57.9 Å². The topological polar surface area (TPSA) is 52.0 Å². The van der Waals surface area contributed by atoms with Gasteiger partial charge >= 0.3 is 0 Å². The lowest BCUT2D eigenvalue weighted by Gasteiger charge is -2.09. The molecule has 0 amide bonds. The highest BCUT2D eigenvalue weighted by Crippen LogP contribution is 2.33. The van der Waals surface area contributed by atoms with E-state index < -0.39 is 9.84 Å². The third-order valence-electron chi connectivity index (χ3n) is 4.51. The molecule has 0 atom stereocenters. The Morgan fingerprint density at radius 3 is 2.21 bits per heavy atom. The molecule has 0 aliphatic carbocycles. The average molecular weight is 488 g/mol. The van der Waals surface area contributed by atoms with Crippen molar-refractivity contribution in [2.75, 3.05) is 6.26 Å². The summed E-state index contributed by atoms with van der Waals surface area (Å²) >= 11 is 9.63. The van der Waals surface area contributed by atoms with Crippen molar-refractivity contribution in [2.45, 2.75) is 4.90 Å². The van der Waals surface area contributed by atoms with Crippen LogP contribution in [0.4, 0.5) is 0 Å². The smallest absolute Gasteiger partial charge is 0.175 e. The molecular formula is C22H16BrClN2O2S. The van der Waals surface area contributed by atoms with Crippen molar-refractivity contribution in [3.63, 3.8) is 0 Å². The van der Waals surface area contributed by atoms with Gasteiger partial charge in [0.1, 0.15) is 0 Å². The molecule has 4 rings (SSSR count). The molecule has 3 aromatic carbocycles. The summed E-state index contributed by atoms with van der Waals surface area (Å²) in [7, 11) is -3.26. The predicted molar refractivity (Wildman–Crippen MR) is 120 cm³/mol. The SMILES string of the molecule is CS(=O)(=O)c1ccc(-n2nc(-c3ccc(Cl)cc3)cc2-c2ccccc2Br)cc1. The van der Waals surface area contributed by atoms with Crippen molar-refractivity contribution < 1.29 is 8.42 Å². The Bertz CT molecular complexity index is 1280. The zero-order valence-corrected chi connectivity index (χ0v) is 18.5. The number of halogens is 2. The Labute approximate surface area is 182 Å². The summed E-state index contributed by atoms with van der Waals surface area (Å²) in [5.41, 5.74) is 4.36. The van der Waals surface area contributed by atoms with Gasteiger partial charge in [0.25, 0.3) is 0 Å². The second-order valence-electron chi connectivity index (χ2n) is 6.58. The van der Waals surface area contributed by atoms with Crippen LogP contribution in [0.3, 0.4) is 0 Å². The lowest BCUT2D eigenvalue weighted by Crippen LogP contribution is -2.01. The Kier molecular flexibility index (Phi) is 5.34. The van der Waals surface area contributed by atoms with Crippen LogP contribution in [0.5, 0.6) is 0 Å². The number of sulfone groups is 1. The monoisotopic (exact) mass is 486 g/mol. The van der Waals surface area contributed by atoms with Crippen molar-refractivity contribution in [1.29, 1.82) is 0 Å². The number of hydrogen-bond acceptors (Lipinski definition) is 3. The van der Waals surface area contributed by atoms with Crippen LogP contribution in [0.1, 0.15) is 0 Å². The highest BCUT2D eigenvalue weighted by Gasteiger charge is 2.16. The van der Waals surface area contributed by atoms with E-state index in [1.807, 2.05) is 59.3 Å². The molecule has 4 nitrogen and oxygen atoms in total. The molecule has 0 fully saturated rings. The standard InChI is InChI=1S/C22H16BrClN2O2S/c1-29(27,28)18-12-10-17(11-13-18)26-22(19-4-2-3-5-20(19)23)14-21(25-26)15-6-8-16(24)9-7-15/h2-14H,1H3. The number of aromatic nitrogens is 2. The van der Waals surface area contributed by atoms with E-state index in [4.69, 9.17) is 16.7 Å². The van der Waals surface area contributed by atoms with Gasteiger partial charge in [-0.25, -0.2) is 13.1 Å². The molecule has 4 aromatic rings. The third kappa shape index (κ3) is 4.15. The van der Waals surface area contributed by atoms with Crippen molar-refractivity contribution in [2.24, 2.45) is 0 Å². The molecule has 0 unspecified atom stereocenters. The maximum Gasteiger partial charge on any atom is 0.175 e. The van der Waals surface area contributed by atoms with E-state index in [-0.39, 0.29) is 4.90 Å². The van der Waals surface area contributed by atoms with Gasteiger partial charge in [-0.05, 0) is 48.5 Å². The fourth-order valence-corrected chi connectivity index (χ4v) is 4.28. The summed E-state index contributed by atoms with van der Waals surface area (Å²) in [6.07, 6.45) is 1.20. The van der Waals surface area contributed by atoms with Gasteiger partial charge in [0, 0.05) is 26.9 Å². The molecule has 146 valence electrons. The highest BCUT2D eigenvalue weighted by atomic mass is 79.9. The quantitative estimate of drug-likeness (QED) is 0.353. The molecule has 0 spiro atoms. The van der Waals surface area contributed by atoms with Crippen LogP contribution in [-0.2, 0) is 9.84 Å². The van der Waals surface area contributed by atoms with Crippen LogP contribution in [0.25, 0.3) is 28.2 Å². The molecule has 0 N–H and O–H groups in total. The van der Waals surface area contributed by atoms with Crippen LogP contribution in [0.15, 0.2) is 88.2 Å². The lowest BCUT2D eigenvalue weighted by atomic mass is 10.1. The zero-order valence-electron chi connectivity index (χ0n) is 15.4. The molecule has 0 aliphatic rings. The van der Waals surface area contributed by atoms with E-state index in [1.165, 1.54) is 6.26 Å². The maximum absolute atomic E-state index is 11.8. The van der Waals surface area contributed by atoms with Gasteiger partial charge in [0.05, 0.1) is 22.0 Å². The first kappa shape index (κ1) is 19.9. The zero-order chi connectivity index (χ0) is 20.6. The van der Waals surface area contributed by atoms with Crippen LogP contribution in [0.2, 0.25) is 5.02 Å². The minimum atomic E-state index is -3.26. The van der Waals surface area contributed by atoms with Crippen LogP contribution >= 0.6 is 27.5 Å². The second kappa shape index (κ2) is 7.78. The van der Waals surface area contributed by atoms with Gasteiger partial charge in [-0.3, -0.25) is 0 Å². The van der Waals surface area contributed by atoms with E-state index in [1.54, 1.807) is 24.3 Å². The van der Waals surface area contributed by atoms with Gasteiger partial charge in [0.15, 0.2) is 9.84 Å². The van der Waals surface area contributed by atoms with E-state index >= 15 is 0 Å². The van der Waals surface area contributed by atoms with E-state index in [0.29, 0.717) is 5.02 Å². The molecule has 0 saturated heterocycles. The predicted octanol–water partition coefficient (Wildman–Crippen LogP) is 6.03. The average Bonchev–Trinajstić information content (AvgIpc) is 3.13. The largest absolute Gasteiger partial charge is 0.232 e. The van der Waals surface area contributed by atoms with E-state index in [2.05, 4.69) is 15.9 Å². The fraction of sp³-hybridized carbons (Fsp3) is 0.0455. The Hall–Kier alpha value is -2.41. The summed E-state index contributed by atoms with van der Waals surface area (Å²) in [6.45, 7) is 0. The first-order valence-electron chi connectivity index (χ1n) is 8.74. The minimum absolute atomic E-state index is 0.272. The molecule has 0 aliphatic heterocycles. The summed E-state index contributed by atoms with van der Waals surface area (Å²) in [5.74, 6) is 0. The van der Waals surface area contributed by atoms with Crippen LogP contribution in [0, 0.1) is 0 Å². The van der Waals surface area contributed by atoms with Crippen molar-refractivity contribution in [1.82, 2.24) is 9.78 Å². The maximum atomic E-state index is 11.8. The summed E-state index contributed by atoms with van der Waals surface area (Å²) in [6, 6.07) is 24.1. The van der Waals surface area contributed by atoms with E-state index in [0.717, 1.165) is 32.7 Å². The Balaban J connectivity index is 1.89. The third-order valence-corrected chi connectivity index (χ3v) is 6.58. The Morgan fingerprint density at radius 2 is 1.59 bits per heavy atom. The molecule has 0 radical (unpaired) electrons. The summed E-state index contributed by atoms with van der Waals surface area (Å²) < 4.78 is 26.3. The number of nitrogens with zero attached hydrogens (tertiary/aromatic N) is 2. The fourth-order valence-electron chi connectivity index (χ4n) is 3.03. The molecular weight excluding hydrogens is 472 g/mol. The Morgan fingerprint density at radius 1 is 0.931 bits per heavy atom. The van der Waals surface area contributed by atoms with Crippen LogP contribution < -0.4 is 0 Å². The van der Waals surface area contributed by atoms with Crippen molar-refractivity contribution in [3.05, 3.63) is 88.4 Å². The molecule has 29 heavy (non-hydrogen) atoms. The summed E-state index contributed by atoms with van der Waals surface area (Å²) in [4.78, 5) is 0.272. The molecule has 1 heterocycles. The first-order valence-corrected chi connectivity index (χ1v) is 11.8. The normalized spacial score (nSPS) is 11.6. The number of rotatable bonds is 4. The van der Waals surface area contributed by atoms with Gasteiger partial charge in [-0.15, -0.1) is 0 Å². The van der Waals surface area contributed by atoms with Crippen LogP contribution in [-0.4, -0.2) is 24.5 Å². The first-order chi connectivity index (χ1) is 13.8. The van der Waals surface area contributed by atoms with Crippen molar-refractivity contribution >= 4 is 37.4 Å². The van der Waals surface area contributed by atoms with Gasteiger partial charge < -0.3 is 0 Å². The van der Waals surface area contributed by atoms with Gasteiger partial charge in [0.2, 0.25) is 0 Å². The van der Waals surface area contributed by atoms with Gasteiger partial charge in [-0.2, -0.15) is 5.10 Å². The minimum Gasteiger partial charge on any atom is -0.232 e. The number of benzene rings is 3. The highest BCUT2D eigenvalue weighted by molar-refractivity contribution is 9.10.